The van der Waals surface area contributed by atoms with Crippen molar-refractivity contribution in [1.82, 2.24) is 5.32 Å². The Bertz CT molecular complexity index is 79.4. The molecule has 0 aromatic heterocycles. The first-order valence-electron chi connectivity index (χ1n) is 2.32. The maximum atomic E-state index is 9.71. The number of nitrogens with one attached hydrogen (secondary N) is 1. The summed E-state index contributed by atoms with van der Waals surface area (Å²) in [5.41, 5.74) is 0. The molecule has 0 spiro atoms. The van der Waals surface area contributed by atoms with E-state index in [1.165, 1.54) is 0 Å². The molecule has 1 aliphatic rings. The van der Waals surface area contributed by atoms with E-state index in [4.69, 9.17) is 9.47 Å². The van der Waals surface area contributed by atoms with Crippen LogP contribution < -0.4 is 5.32 Å². The van der Waals surface area contributed by atoms with Crippen LogP contribution in [0.25, 0.3) is 0 Å². The Labute approximate surface area is 46.8 Å². The second-order valence-corrected chi connectivity index (χ2v) is 1.43. The summed E-state index contributed by atoms with van der Waals surface area (Å²) in [5.74, 6) is 0. The van der Waals surface area contributed by atoms with Gasteiger partial charge in [-0.05, 0) is 0 Å². The lowest BCUT2D eigenvalue weighted by Gasteiger charge is -2.01. The van der Waals surface area contributed by atoms with Gasteiger partial charge in [-0.1, -0.05) is 0 Å². The lowest BCUT2D eigenvalue weighted by Crippen LogP contribution is -2.28. The van der Waals surface area contributed by atoms with Gasteiger partial charge in [0.05, 0.1) is 6.61 Å². The van der Waals surface area contributed by atoms with Crippen molar-refractivity contribution >= 4 is 6.41 Å². The summed E-state index contributed by atoms with van der Waals surface area (Å²) in [4.78, 5) is 9.71. The van der Waals surface area contributed by atoms with Crippen LogP contribution in [0.2, 0.25) is 0 Å². The predicted octanol–water partition coefficient (Wildman–Crippen LogP) is -0.937. The van der Waals surface area contributed by atoms with E-state index in [9.17, 15) is 4.79 Å². The van der Waals surface area contributed by atoms with Gasteiger partial charge in [-0.3, -0.25) is 4.79 Å². The number of carbonyl (C=O) groups excluding carboxylic acids is 1. The zero-order chi connectivity index (χ0) is 5.82. The molecule has 1 rings (SSSR count). The molecule has 1 amide bonds. The van der Waals surface area contributed by atoms with Crippen LogP contribution in [0.1, 0.15) is 0 Å². The van der Waals surface area contributed by atoms with Crippen molar-refractivity contribution in [3.05, 3.63) is 0 Å². The van der Waals surface area contributed by atoms with Crippen LogP contribution in [0, 0.1) is 0 Å². The third-order valence-electron chi connectivity index (χ3n) is 0.876. The molecule has 1 heterocycles. The molecule has 0 radical (unpaired) electrons. The SMILES string of the molecule is O=CN[C@H]1COCO1. The minimum absolute atomic E-state index is 0.229. The third-order valence-corrected chi connectivity index (χ3v) is 0.876. The topological polar surface area (TPSA) is 47.6 Å². The maximum absolute atomic E-state index is 9.71. The van der Waals surface area contributed by atoms with Crippen molar-refractivity contribution in [2.75, 3.05) is 13.4 Å². The molecule has 0 unspecified atom stereocenters. The largest absolute Gasteiger partial charge is 0.351 e. The van der Waals surface area contributed by atoms with Crippen LogP contribution in [-0.4, -0.2) is 26.0 Å². The number of amides is 1. The van der Waals surface area contributed by atoms with E-state index < -0.39 is 0 Å². The first kappa shape index (κ1) is 5.53. The van der Waals surface area contributed by atoms with Crippen molar-refractivity contribution in [2.24, 2.45) is 0 Å². The smallest absolute Gasteiger partial charge is 0.209 e. The molecular formula is C4H7NO3. The molecule has 0 aromatic carbocycles. The van der Waals surface area contributed by atoms with Gasteiger partial charge in [0.25, 0.3) is 0 Å². The Balaban J connectivity index is 2.14. The zero-order valence-corrected chi connectivity index (χ0v) is 4.29. The maximum Gasteiger partial charge on any atom is 0.209 e. The van der Waals surface area contributed by atoms with E-state index in [0.717, 1.165) is 0 Å². The highest BCUT2D eigenvalue weighted by Gasteiger charge is 2.13. The summed E-state index contributed by atoms with van der Waals surface area (Å²) in [7, 11) is 0. The molecule has 8 heavy (non-hydrogen) atoms. The number of rotatable bonds is 2. The van der Waals surface area contributed by atoms with E-state index in [2.05, 4.69) is 5.32 Å². The molecule has 1 N–H and O–H groups in total. The van der Waals surface area contributed by atoms with Gasteiger partial charge in [0.1, 0.15) is 6.79 Å². The summed E-state index contributed by atoms with van der Waals surface area (Å²) in [6, 6.07) is 0. The Morgan fingerprint density at radius 3 is 3.12 bits per heavy atom. The molecule has 0 bridgehead atoms. The normalized spacial score (nSPS) is 27.8. The molecule has 4 heteroatoms. The molecule has 46 valence electrons. The molecule has 1 aliphatic heterocycles. The Morgan fingerprint density at radius 2 is 2.62 bits per heavy atom. The van der Waals surface area contributed by atoms with E-state index in [-0.39, 0.29) is 13.0 Å². The molecule has 0 saturated carbocycles. The minimum atomic E-state index is -0.229. The Morgan fingerprint density at radius 1 is 1.75 bits per heavy atom. The van der Waals surface area contributed by atoms with Crippen molar-refractivity contribution in [1.29, 1.82) is 0 Å². The molecular weight excluding hydrogens is 110 g/mol. The van der Waals surface area contributed by atoms with Gasteiger partial charge in [0.2, 0.25) is 6.41 Å². The van der Waals surface area contributed by atoms with Crippen LogP contribution in [0.4, 0.5) is 0 Å². The standard InChI is InChI=1S/C4H7NO3/c6-2-5-4-1-7-3-8-4/h2,4H,1,3H2,(H,5,6)/t4-/m1/s1. The lowest BCUT2D eigenvalue weighted by molar-refractivity contribution is -0.112. The van der Waals surface area contributed by atoms with Gasteiger partial charge in [-0.2, -0.15) is 0 Å². The third kappa shape index (κ3) is 1.18. The number of ether oxygens (including phenoxy) is 2. The van der Waals surface area contributed by atoms with Crippen molar-refractivity contribution in [3.8, 4) is 0 Å². The number of hydrogen-bond donors (Lipinski definition) is 1. The average molecular weight is 117 g/mol. The van der Waals surface area contributed by atoms with E-state index >= 15 is 0 Å². The van der Waals surface area contributed by atoms with Crippen LogP contribution in [-0.2, 0) is 14.3 Å². The van der Waals surface area contributed by atoms with Crippen molar-refractivity contribution in [2.45, 2.75) is 6.23 Å². The molecule has 1 saturated heterocycles. The fourth-order valence-corrected chi connectivity index (χ4v) is 0.506. The van der Waals surface area contributed by atoms with Gasteiger partial charge in [0, 0.05) is 0 Å². The Kier molecular flexibility index (Phi) is 1.82. The lowest BCUT2D eigenvalue weighted by atomic mass is 10.6. The van der Waals surface area contributed by atoms with E-state index in [1.54, 1.807) is 0 Å². The highest BCUT2D eigenvalue weighted by atomic mass is 16.7. The number of carbonyl (C=O) groups is 1. The second-order valence-electron chi connectivity index (χ2n) is 1.43. The summed E-state index contributed by atoms with van der Waals surface area (Å²) >= 11 is 0. The summed E-state index contributed by atoms with van der Waals surface area (Å²) in [5, 5.41) is 2.42. The average Bonchev–Trinajstić information content (AvgIpc) is 2.19. The minimum Gasteiger partial charge on any atom is -0.351 e. The fourth-order valence-electron chi connectivity index (χ4n) is 0.506. The monoisotopic (exact) mass is 117 g/mol. The molecule has 4 nitrogen and oxygen atoms in total. The van der Waals surface area contributed by atoms with Crippen LogP contribution in [0.15, 0.2) is 0 Å². The Hall–Kier alpha value is -0.610. The first-order chi connectivity index (χ1) is 3.93. The first-order valence-corrected chi connectivity index (χ1v) is 2.32. The van der Waals surface area contributed by atoms with Crippen LogP contribution in [0.5, 0.6) is 0 Å². The highest BCUT2D eigenvalue weighted by molar-refractivity contribution is 5.46. The van der Waals surface area contributed by atoms with Crippen molar-refractivity contribution < 1.29 is 14.3 Å². The zero-order valence-electron chi connectivity index (χ0n) is 4.29. The fraction of sp³-hybridized carbons (Fsp3) is 0.750. The van der Waals surface area contributed by atoms with Gasteiger partial charge in [0.15, 0.2) is 6.23 Å². The van der Waals surface area contributed by atoms with Crippen molar-refractivity contribution in [3.63, 3.8) is 0 Å². The van der Waals surface area contributed by atoms with E-state index in [0.29, 0.717) is 13.0 Å². The molecule has 1 fully saturated rings. The van der Waals surface area contributed by atoms with Crippen LogP contribution in [0.3, 0.4) is 0 Å². The highest BCUT2D eigenvalue weighted by Crippen LogP contribution is 1.96. The van der Waals surface area contributed by atoms with Gasteiger partial charge >= 0.3 is 0 Å². The molecule has 0 aliphatic carbocycles. The molecule has 1 atom stereocenters. The summed E-state index contributed by atoms with van der Waals surface area (Å²) in [6.45, 7) is 0.740. The van der Waals surface area contributed by atoms with Gasteiger partial charge < -0.3 is 14.8 Å². The molecule has 0 aromatic rings. The van der Waals surface area contributed by atoms with Gasteiger partial charge in [-0.25, -0.2) is 0 Å². The second kappa shape index (κ2) is 2.64. The van der Waals surface area contributed by atoms with Gasteiger partial charge in [-0.15, -0.1) is 0 Å². The van der Waals surface area contributed by atoms with E-state index in [1.807, 2.05) is 0 Å². The van der Waals surface area contributed by atoms with Crippen LogP contribution >= 0.6 is 0 Å². The summed E-state index contributed by atoms with van der Waals surface area (Å²) < 4.78 is 9.59. The summed E-state index contributed by atoms with van der Waals surface area (Å²) in [6.07, 6.45) is 0.367. The predicted molar refractivity (Wildman–Crippen MR) is 24.9 cm³/mol. The number of hydrogen-bond acceptors (Lipinski definition) is 3. The quantitative estimate of drug-likeness (QED) is 0.475.